The minimum Gasteiger partial charge on any atom is -0.352 e. The second kappa shape index (κ2) is 7.75. The van der Waals surface area contributed by atoms with Crippen molar-refractivity contribution in [1.82, 2.24) is 15.2 Å². The standard InChI is InChI=1S/C20H27N3O/c1-15-7-9-17(18-6-5-11-21-20(15)18)14-22-19(24)10-8-16(2)23-12-3-4-13-23/h5-7,9,11,16H,3-4,8,10,12-14H2,1-2H3,(H,22,24). The molecule has 1 aromatic carbocycles. The van der Waals surface area contributed by atoms with Crippen LogP contribution < -0.4 is 5.32 Å². The Hall–Kier alpha value is -1.94. The van der Waals surface area contributed by atoms with Crippen molar-refractivity contribution in [3.05, 3.63) is 41.6 Å². The first-order valence-electron chi connectivity index (χ1n) is 8.99. The van der Waals surface area contributed by atoms with E-state index in [-0.39, 0.29) is 5.91 Å². The van der Waals surface area contributed by atoms with Crippen molar-refractivity contribution in [3.8, 4) is 0 Å². The van der Waals surface area contributed by atoms with Gasteiger partial charge in [-0.2, -0.15) is 0 Å². The van der Waals surface area contributed by atoms with E-state index < -0.39 is 0 Å². The van der Waals surface area contributed by atoms with E-state index in [0.29, 0.717) is 19.0 Å². The Kier molecular flexibility index (Phi) is 5.46. The second-order valence-electron chi connectivity index (χ2n) is 6.85. The average molecular weight is 325 g/mol. The minimum atomic E-state index is 0.138. The Balaban J connectivity index is 1.54. The van der Waals surface area contributed by atoms with E-state index in [0.717, 1.165) is 22.9 Å². The summed E-state index contributed by atoms with van der Waals surface area (Å²) in [6.07, 6.45) is 5.94. The van der Waals surface area contributed by atoms with Gasteiger partial charge in [-0.05, 0) is 63.4 Å². The van der Waals surface area contributed by atoms with Crippen LogP contribution in [0.25, 0.3) is 10.9 Å². The van der Waals surface area contributed by atoms with Gasteiger partial charge in [0.05, 0.1) is 5.52 Å². The molecule has 0 aliphatic carbocycles. The van der Waals surface area contributed by atoms with Crippen LogP contribution in [0.2, 0.25) is 0 Å². The van der Waals surface area contributed by atoms with Crippen molar-refractivity contribution >= 4 is 16.8 Å². The number of aromatic nitrogens is 1. The second-order valence-corrected chi connectivity index (χ2v) is 6.85. The molecule has 0 radical (unpaired) electrons. The third kappa shape index (κ3) is 3.93. The molecule has 3 rings (SSSR count). The number of carbonyl (C=O) groups is 1. The highest BCUT2D eigenvalue weighted by molar-refractivity contribution is 5.85. The van der Waals surface area contributed by atoms with Crippen LogP contribution in [-0.4, -0.2) is 34.9 Å². The summed E-state index contributed by atoms with van der Waals surface area (Å²) in [7, 11) is 0. The van der Waals surface area contributed by atoms with Crippen LogP contribution in [0, 0.1) is 6.92 Å². The molecule has 1 amide bonds. The smallest absolute Gasteiger partial charge is 0.220 e. The van der Waals surface area contributed by atoms with Gasteiger partial charge in [0.15, 0.2) is 0 Å². The molecule has 1 atom stereocenters. The monoisotopic (exact) mass is 325 g/mol. The van der Waals surface area contributed by atoms with Crippen LogP contribution in [-0.2, 0) is 11.3 Å². The number of hydrogen-bond donors (Lipinski definition) is 1. The highest BCUT2D eigenvalue weighted by Gasteiger charge is 2.18. The molecule has 0 saturated carbocycles. The van der Waals surface area contributed by atoms with Crippen molar-refractivity contribution in [2.75, 3.05) is 13.1 Å². The number of rotatable bonds is 6. The van der Waals surface area contributed by atoms with Crippen LogP contribution in [0.4, 0.5) is 0 Å². The van der Waals surface area contributed by atoms with Gasteiger partial charge in [-0.25, -0.2) is 0 Å². The summed E-state index contributed by atoms with van der Waals surface area (Å²) in [5, 5.41) is 4.20. The number of hydrogen-bond acceptors (Lipinski definition) is 3. The van der Waals surface area contributed by atoms with Gasteiger partial charge in [0.1, 0.15) is 0 Å². The lowest BCUT2D eigenvalue weighted by molar-refractivity contribution is -0.121. The fraction of sp³-hybridized carbons (Fsp3) is 0.500. The lowest BCUT2D eigenvalue weighted by Gasteiger charge is -2.23. The molecule has 1 aromatic heterocycles. The maximum Gasteiger partial charge on any atom is 0.220 e. The first-order chi connectivity index (χ1) is 11.6. The number of amides is 1. The van der Waals surface area contributed by atoms with Crippen molar-refractivity contribution in [2.24, 2.45) is 0 Å². The van der Waals surface area contributed by atoms with Crippen LogP contribution in [0.1, 0.15) is 43.7 Å². The quantitative estimate of drug-likeness (QED) is 0.885. The van der Waals surface area contributed by atoms with Crippen molar-refractivity contribution in [2.45, 2.75) is 52.1 Å². The molecule has 4 heteroatoms. The summed E-state index contributed by atoms with van der Waals surface area (Å²) >= 11 is 0. The maximum atomic E-state index is 12.2. The molecular formula is C20H27N3O. The number of carbonyl (C=O) groups excluding carboxylic acids is 1. The molecular weight excluding hydrogens is 298 g/mol. The van der Waals surface area contributed by atoms with Crippen LogP contribution in [0.5, 0.6) is 0 Å². The van der Waals surface area contributed by atoms with Crippen molar-refractivity contribution in [1.29, 1.82) is 0 Å². The van der Waals surface area contributed by atoms with E-state index in [1.165, 1.54) is 31.5 Å². The zero-order chi connectivity index (χ0) is 16.9. The zero-order valence-electron chi connectivity index (χ0n) is 14.7. The van der Waals surface area contributed by atoms with Gasteiger partial charge in [0.2, 0.25) is 5.91 Å². The fourth-order valence-corrected chi connectivity index (χ4v) is 3.51. The summed E-state index contributed by atoms with van der Waals surface area (Å²) in [6, 6.07) is 8.69. The fourth-order valence-electron chi connectivity index (χ4n) is 3.51. The molecule has 0 bridgehead atoms. The van der Waals surface area contributed by atoms with Gasteiger partial charge in [-0.1, -0.05) is 18.2 Å². The van der Waals surface area contributed by atoms with E-state index in [1.54, 1.807) is 0 Å². The molecule has 1 aliphatic heterocycles. The molecule has 2 aromatic rings. The Morgan fingerprint density at radius 1 is 1.29 bits per heavy atom. The van der Waals surface area contributed by atoms with E-state index in [4.69, 9.17) is 0 Å². The van der Waals surface area contributed by atoms with E-state index in [2.05, 4.69) is 47.2 Å². The molecule has 4 nitrogen and oxygen atoms in total. The predicted octanol–water partition coefficient (Wildman–Crippen LogP) is 3.42. The van der Waals surface area contributed by atoms with Gasteiger partial charge < -0.3 is 10.2 Å². The minimum absolute atomic E-state index is 0.138. The highest BCUT2D eigenvalue weighted by atomic mass is 16.1. The first-order valence-corrected chi connectivity index (χ1v) is 8.99. The van der Waals surface area contributed by atoms with Crippen molar-refractivity contribution < 1.29 is 4.79 Å². The van der Waals surface area contributed by atoms with Crippen LogP contribution in [0.15, 0.2) is 30.5 Å². The molecule has 128 valence electrons. The SMILES string of the molecule is Cc1ccc(CNC(=O)CCC(C)N2CCCC2)c2cccnc12. The van der Waals surface area contributed by atoms with Crippen LogP contribution in [0.3, 0.4) is 0 Å². The van der Waals surface area contributed by atoms with Crippen LogP contribution >= 0.6 is 0 Å². The summed E-state index contributed by atoms with van der Waals surface area (Å²) in [5.41, 5.74) is 3.32. The van der Waals surface area contributed by atoms with Crippen molar-refractivity contribution in [3.63, 3.8) is 0 Å². The molecule has 1 unspecified atom stereocenters. The van der Waals surface area contributed by atoms with Gasteiger partial charge >= 0.3 is 0 Å². The molecule has 24 heavy (non-hydrogen) atoms. The summed E-state index contributed by atoms with van der Waals surface area (Å²) in [4.78, 5) is 19.1. The largest absolute Gasteiger partial charge is 0.352 e. The molecule has 1 N–H and O–H groups in total. The Bertz CT molecular complexity index is 707. The molecule has 2 heterocycles. The third-order valence-electron chi connectivity index (χ3n) is 5.09. The summed E-state index contributed by atoms with van der Waals surface area (Å²) < 4.78 is 0. The van der Waals surface area contributed by atoms with Gasteiger partial charge in [0.25, 0.3) is 0 Å². The Morgan fingerprint density at radius 2 is 2.08 bits per heavy atom. The van der Waals surface area contributed by atoms with E-state index in [1.807, 2.05) is 12.3 Å². The number of aryl methyl sites for hydroxylation is 1. The summed E-state index contributed by atoms with van der Waals surface area (Å²) in [5.74, 6) is 0.138. The lowest BCUT2D eigenvalue weighted by atomic mass is 10.0. The predicted molar refractivity (Wildman–Crippen MR) is 97.8 cm³/mol. The molecule has 1 fully saturated rings. The van der Waals surface area contributed by atoms with Gasteiger partial charge in [-0.3, -0.25) is 9.78 Å². The molecule has 1 aliphatic rings. The number of fused-ring (bicyclic) bond motifs is 1. The van der Waals surface area contributed by atoms with Gasteiger partial charge in [0, 0.05) is 30.6 Å². The molecule has 0 spiro atoms. The number of nitrogens with zero attached hydrogens (tertiary/aromatic N) is 2. The number of benzene rings is 1. The van der Waals surface area contributed by atoms with Gasteiger partial charge in [-0.15, -0.1) is 0 Å². The zero-order valence-corrected chi connectivity index (χ0v) is 14.7. The van der Waals surface area contributed by atoms with E-state index >= 15 is 0 Å². The topological polar surface area (TPSA) is 45.2 Å². The Labute approximate surface area is 144 Å². The summed E-state index contributed by atoms with van der Waals surface area (Å²) in [6.45, 7) is 7.24. The molecule has 1 saturated heterocycles. The Morgan fingerprint density at radius 3 is 2.88 bits per heavy atom. The maximum absolute atomic E-state index is 12.2. The normalized spacial score (nSPS) is 16.4. The number of pyridine rings is 1. The number of likely N-dealkylation sites (tertiary alicyclic amines) is 1. The average Bonchev–Trinajstić information content (AvgIpc) is 3.14. The lowest BCUT2D eigenvalue weighted by Crippen LogP contribution is -2.32. The van der Waals surface area contributed by atoms with E-state index in [9.17, 15) is 4.79 Å². The number of nitrogens with one attached hydrogen (secondary N) is 1. The third-order valence-corrected chi connectivity index (χ3v) is 5.09. The first kappa shape index (κ1) is 16.9. The highest BCUT2D eigenvalue weighted by Crippen LogP contribution is 2.20.